The molecule has 0 radical (unpaired) electrons. The van der Waals surface area contributed by atoms with Gasteiger partial charge in [-0.25, -0.2) is 9.78 Å². The smallest absolute Gasteiger partial charge is 0.336 e. The van der Waals surface area contributed by atoms with Gasteiger partial charge in [-0.1, -0.05) is 23.2 Å². The topological polar surface area (TPSA) is 68.0 Å². The summed E-state index contributed by atoms with van der Waals surface area (Å²) in [6, 6.07) is 6.44. The van der Waals surface area contributed by atoms with Gasteiger partial charge in [0.05, 0.1) is 27.9 Å². The number of rotatable bonds is 2. The molecule has 5 nitrogen and oxygen atoms in total. The maximum Gasteiger partial charge on any atom is 0.336 e. The molecule has 1 N–H and O–H groups in total. The van der Waals surface area contributed by atoms with Gasteiger partial charge in [0.2, 0.25) is 0 Å². The normalized spacial score (nSPS) is 11.0. The van der Waals surface area contributed by atoms with E-state index in [1.165, 1.54) is 16.9 Å². The zero-order chi connectivity index (χ0) is 15.1. The number of hydrogen-bond donors (Lipinski definition) is 1. The van der Waals surface area contributed by atoms with Crippen molar-refractivity contribution in [3.63, 3.8) is 0 Å². The average Bonchev–Trinajstić information content (AvgIpc) is 2.82. The van der Waals surface area contributed by atoms with Crippen LogP contribution in [0, 0.1) is 0 Å². The first-order chi connectivity index (χ1) is 9.97. The SMILES string of the molecule is Cn1ncc2c(C(=O)O)cc(-c3cc(Cl)ccc3Cl)nc21. The van der Waals surface area contributed by atoms with E-state index < -0.39 is 5.97 Å². The zero-order valence-corrected chi connectivity index (χ0v) is 12.4. The van der Waals surface area contributed by atoms with Gasteiger partial charge in [0, 0.05) is 17.6 Å². The molecule has 0 amide bonds. The lowest BCUT2D eigenvalue weighted by Gasteiger charge is -2.07. The molecule has 0 saturated carbocycles. The lowest BCUT2D eigenvalue weighted by molar-refractivity contribution is 0.0699. The van der Waals surface area contributed by atoms with E-state index >= 15 is 0 Å². The molecule has 0 aliphatic rings. The molecule has 7 heteroatoms. The van der Waals surface area contributed by atoms with Crippen molar-refractivity contribution in [3.05, 3.63) is 46.1 Å². The minimum absolute atomic E-state index is 0.124. The fourth-order valence-corrected chi connectivity index (χ4v) is 2.51. The number of carboxylic acids is 1. The molecule has 1 aromatic carbocycles. The van der Waals surface area contributed by atoms with Crippen LogP contribution in [0.3, 0.4) is 0 Å². The number of hydrogen-bond acceptors (Lipinski definition) is 3. The summed E-state index contributed by atoms with van der Waals surface area (Å²) in [6.07, 6.45) is 1.48. The summed E-state index contributed by atoms with van der Waals surface area (Å²) in [4.78, 5) is 15.9. The average molecular weight is 322 g/mol. The predicted molar refractivity (Wildman–Crippen MR) is 80.9 cm³/mol. The molecule has 0 atom stereocenters. The molecule has 0 spiro atoms. The maximum atomic E-state index is 11.4. The highest BCUT2D eigenvalue weighted by Gasteiger charge is 2.17. The second-order valence-electron chi connectivity index (χ2n) is 4.49. The van der Waals surface area contributed by atoms with Crippen LogP contribution in [-0.2, 0) is 7.05 Å². The minimum atomic E-state index is -1.05. The van der Waals surface area contributed by atoms with Crippen molar-refractivity contribution < 1.29 is 9.90 Å². The van der Waals surface area contributed by atoms with Gasteiger partial charge in [-0.15, -0.1) is 0 Å². The number of pyridine rings is 1. The predicted octanol–water partition coefficient (Wildman–Crippen LogP) is 3.64. The van der Waals surface area contributed by atoms with Gasteiger partial charge in [0.1, 0.15) is 0 Å². The molecule has 2 heterocycles. The monoisotopic (exact) mass is 321 g/mol. The molecule has 106 valence electrons. The van der Waals surface area contributed by atoms with Crippen LogP contribution in [0.15, 0.2) is 30.5 Å². The lowest BCUT2D eigenvalue weighted by atomic mass is 10.1. The first-order valence-corrected chi connectivity index (χ1v) is 6.74. The number of aromatic nitrogens is 3. The number of benzene rings is 1. The standard InChI is InChI=1S/C14H9Cl2N3O2/c1-19-13-10(6-17-19)8(14(20)21)5-12(18-13)9-4-7(15)2-3-11(9)16/h2-6H,1H3,(H,20,21). The quantitative estimate of drug-likeness (QED) is 0.782. The van der Waals surface area contributed by atoms with Gasteiger partial charge in [0.25, 0.3) is 0 Å². The fraction of sp³-hybridized carbons (Fsp3) is 0.0714. The van der Waals surface area contributed by atoms with Crippen LogP contribution in [0.4, 0.5) is 0 Å². The third kappa shape index (κ3) is 2.34. The Bertz CT molecular complexity index is 874. The van der Waals surface area contributed by atoms with Crippen LogP contribution in [0.5, 0.6) is 0 Å². The Hall–Kier alpha value is -2.11. The second kappa shape index (κ2) is 5.02. The largest absolute Gasteiger partial charge is 0.478 e. The van der Waals surface area contributed by atoms with Crippen molar-refractivity contribution >= 4 is 40.2 Å². The number of aromatic carboxylic acids is 1. The van der Waals surface area contributed by atoms with Crippen LogP contribution in [0.25, 0.3) is 22.3 Å². The van der Waals surface area contributed by atoms with E-state index in [0.717, 1.165) is 0 Å². The summed E-state index contributed by atoms with van der Waals surface area (Å²) in [5.74, 6) is -1.05. The molecule has 0 saturated heterocycles. The molecule has 0 unspecified atom stereocenters. The Balaban J connectivity index is 2.35. The number of halogens is 2. The highest BCUT2D eigenvalue weighted by atomic mass is 35.5. The number of fused-ring (bicyclic) bond motifs is 1. The summed E-state index contributed by atoms with van der Waals surface area (Å²) in [5.41, 5.74) is 1.62. The third-order valence-electron chi connectivity index (χ3n) is 3.14. The number of carbonyl (C=O) groups is 1. The van der Waals surface area contributed by atoms with E-state index in [4.69, 9.17) is 23.2 Å². The molecule has 0 aliphatic heterocycles. The van der Waals surface area contributed by atoms with Crippen LogP contribution >= 0.6 is 23.2 Å². The fourth-order valence-electron chi connectivity index (χ4n) is 2.12. The molecule has 0 aliphatic carbocycles. The van der Waals surface area contributed by atoms with Crippen LogP contribution in [0.2, 0.25) is 10.0 Å². The van der Waals surface area contributed by atoms with Gasteiger partial charge in [-0.3, -0.25) is 4.68 Å². The van der Waals surface area contributed by atoms with Gasteiger partial charge in [0.15, 0.2) is 5.65 Å². The van der Waals surface area contributed by atoms with Crippen LogP contribution in [-0.4, -0.2) is 25.8 Å². The van der Waals surface area contributed by atoms with Crippen molar-refractivity contribution in [1.82, 2.24) is 14.8 Å². The Morgan fingerprint density at radius 3 is 2.76 bits per heavy atom. The van der Waals surface area contributed by atoms with Gasteiger partial charge in [-0.2, -0.15) is 5.10 Å². The maximum absolute atomic E-state index is 11.4. The second-order valence-corrected chi connectivity index (χ2v) is 5.33. The van der Waals surface area contributed by atoms with Crippen molar-refractivity contribution in [2.24, 2.45) is 7.05 Å². The summed E-state index contributed by atoms with van der Waals surface area (Å²) in [5, 5.41) is 14.8. The number of carboxylic acid groups (broad SMARTS) is 1. The number of aryl methyl sites for hydroxylation is 1. The molecule has 3 aromatic rings. The van der Waals surface area contributed by atoms with E-state index in [1.807, 2.05) is 0 Å². The van der Waals surface area contributed by atoms with Crippen LogP contribution < -0.4 is 0 Å². The van der Waals surface area contributed by atoms with Crippen molar-refractivity contribution in [2.45, 2.75) is 0 Å². The van der Waals surface area contributed by atoms with E-state index in [9.17, 15) is 9.90 Å². The lowest BCUT2D eigenvalue weighted by Crippen LogP contribution is -2.01. The van der Waals surface area contributed by atoms with Gasteiger partial charge in [-0.05, 0) is 24.3 Å². The third-order valence-corrected chi connectivity index (χ3v) is 3.70. The molecular formula is C14H9Cl2N3O2. The number of nitrogens with zero attached hydrogens (tertiary/aromatic N) is 3. The molecule has 0 bridgehead atoms. The Morgan fingerprint density at radius 1 is 1.29 bits per heavy atom. The van der Waals surface area contributed by atoms with Crippen LogP contribution in [0.1, 0.15) is 10.4 Å². The Labute approximate surface area is 129 Å². The van der Waals surface area contributed by atoms with Crippen molar-refractivity contribution in [2.75, 3.05) is 0 Å². The van der Waals surface area contributed by atoms with E-state index in [2.05, 4.69) is 10.1 Å². The van der Waals surface area contributed by atoms with Crippen molar-refractivity contribution in [1.29, 1.82) is 0 Å². The first kappa shape index (κ1) is 13.9. The summed E-state index contributed by atoms with van der Waals surface area (Å²) in [6.45, 7) is 0. The van der Waals surface area contributed by atoms with Crippen molar-refractivity contribution in [3.8, 4) is 11.3 Å². The molecule has 3 rings (SSSR count). The summed E-state index contributed by atoms with van der Waals surface area (Å²) in [7, 11) is 1.70. The molecule has 21 heavy (non-hydrogen) atoms. The highest BCUT2D eigenvalue weighted by molar-refractivity contribution is 6.35. The summed E-state index contributed by atoms with van der Waals surface area (Å²) >= 11 is 12.1. The van der Waals surface area contributed by atoms with Gasteiger partial charge < -0.3 is 5.11 Å². The first-order valence-electron chi connectivity index (χ1n) is 5.99. The Morgan fingerprint density at radius 2 is 2.05 bits per heavy atom. The Kier molecular flexibility index (Phi) is 3.31. The highest BCUT2D eigenvalue weighted by Crippen LogP contribution is 2.31. The molecular weight excluding hydrogens is 313 g/mol. The summed E-state index contributed by atoms with van der Waals surface area (Å²) < 4.78 is 1.52. The van der Waals surface area contributed by atoms with E-state index in [1.54, 1.807) is 25.2 Å². The zero-order valence-electron chi connectivity index (χ0n) is 10.8. The minimum Gasteiger partial charge on any atom is -0.478 e. The van der Waals surface area contributed by atoms with E-state index in [0.29, 0.717) is 32.3 Å². The van der Waals surface area contributed by atoms with E-state index in [-0.39, 0.29) is 5.56 Å². The van der Waals surface area contributed by atoms with Gasteiger partial charge >= 0.3 is 5.97 Å². The molecule has 0 fully saturated rings. The molecule has 2 aromatic heterocycles.